The number of hydrogen-bond donors (Lipinski definition) is 1. The zero-order chi connectivity index (χ0) is 19.9. The van der Waals surface area contributed by atoms with Gasteiger partial charge in [-0.3, -0.25) is 14.9 Å². The average molecular weight is 380 g/mol. The number of furan rings is 1. The number of benzene rings is 2. The number of hydrogen-bond acceptors (Lipinski definition) is 6. The van der Waals surface area contributed by atoms with Gasteiger partial charge in [0, 0.05) is 24.2 Å². The van der Waals surface area contributed by atoms with Crippen molar-refractivity contribution in [3.63, 3.8) is 0 Å². The van der Waals surface area contributed by atoms with Crippen LogP contribution in [-0.2, 0) is 16.1 Å². The van der Waals surface area contributed by atoms with Crippen LogP contribution >= 0.6 is 0 Å². The molecule has 0 aliphatic carbocycles. The first-order valence-electron chi connectivity index (χ1n) is 8.35. The van der Waals surface area contributed by atoms with E-state index in [1.165, 1.54) is 30.3 Å². The predicted molar refractivity (Wildman–Crippen MR) is 99.4 cm³/mol. The van der Waals surface area contributed by atoms with Crippen molar-refractivity contribution in [3.05, 3.63) is 88.2 Å². The first-order chi connectivity index (χ1) is 13.5. The number of esters is 1. The lowest BCUT2D eigenvalue weighted by Gasteiger charge is -2.05. The Kier molecular flexibility index (Phi) is 5.81. The van der Waals surface area contributed by atoms with Crippen LogP contribution in [0.2, 0.25) is 0 Å². The fourth-order valence-electron chi connectivity index (χ4n) is 2.40. The van der Waals surface area contributed by atoms with Crippen LogP contribution in [0.4, 0.5) is 5.69 Å². The van der Waals surface area contributed by atoms with Crippen molar-refractivity contribution in [1.29, 1.82) is 0 Å². The van der Waals surface area contributed by atoms with Crippen molar-refractivity contribution in [2.45, 2.75) is 6.54 Å². The molecule has 0 bridgehead atoms. The summed E-state index contributed by atoms with van der Waals surface area (Å²) < 4.78 is 10.4. The molecule has 0 saturated carbocycles. The molecule has 0 saturated heterocycles. The zero-order valence-corrected chi connectivity index (χ0v) is 14.7. The fraction of sp³-hybridized carbons (Fsp3) is 0.100. The van der Waals surface area contributed by atoms with E-state index in [4.69, 9.17) is 9.15 Å². The van der Waals surface area contributed by atoms with Crippen LogP contribution in [0.25, 0.3) is 11.3 Å². The van der Waals surface area contributed by atoms with E-state index in [0.717, 1.165) is 5.56 Å². The van der Waals surface area contributed by atoms with Gasteiger partial charge in [0.05, 0.1) is 4.92 Å². The number of non-ortho nitro benzene ring substituents is 1. The normalized spacial score (nSPS) is 10.3. The molecule has 3 rings (SSSR count). The Hall–Kier alpha value is -3.94. The molecule has 1 amide bonds. The monoisotopic (exact) mass is 380 g/mol. The summed E-state index contributed by atoms with van der Waals surface area (Å²) in [5.74, 6) is -0.915. The largest absolute Gasteiger partial charge is 0.450 e. The third-order valence-electron chi connectivity index (χ3n) is 3.84. The molecule has 0 unspecified atom stereocenters. The van der Waals surface area contributed by atoms with E-state index in [9.17, 15) is 19.7 Å². The van der Waals surface area contributed by atoms with Gasteiger partial charge in [-0.2, -0.15) is 0 Å². The number of nitro benzene ring substituents is 1. The lowest BCUT2D eigenvalue weighted by atomic mass is 10.1. The standard InChI is InChI=1S/C20H16N2O6/c23-19(21-12-14-4-2-1-3-5-14)13-27-20(24)18-11-10-17(28-18)15-6-8-16(9-7-15)22(25)26/h1-11H,12-13H2,(H,21,23). The van der Waals surface area contributed by atoms with Crippen molar-refractivity contribution in [1.82, 2.24) is 5.32 Å². The van der Waals surface area contributed by atoms with Crippen molar-refractivity contribution in [3.8, 4) is 11.3 Å². The Morgan fingerprint density at radius 3 is 2.39 bits per heavy atom. The smallest absolute Gasteiger partial charge is 0.374 e. The van der Waals surface area contributed by atoms with Gasteiger partial charge in [-0.25, -0.2) is 4.79 Å². The van der Waals surface area contributed by atoms with Gasteiger partial charge in [0.25, 0.3) is 11.6 Å². The van der Waals surface area contributed by atoms with Crippen molar-refractivity contribution < 1.29 is 23.7 Å². The third-order valence-corrected chi connectivity index (χ3v) is 3.84. The topological polar surface area (TPSA) is 112 Å². The first-order valence-corrected chi connectivity index (χ1v) is 8.35. The minimum atomic E-state index is -0.775. The van der Waals surface area contributed by atoms with Gasteiger partial charge in [0.2, 0.25) is 5.76 Å². The van der Waals surface area contributed by atoms with Crippen LogP contribution < -0.4 is 5.32 Å². The van der Waals surface area contributed by atoms with Crippen LogP contribution in [0.3, 0.4) is 0 Å². The molecule has 0 aliphatic heterocycles. The molecule has 8 heteroatoms. The number of carbonyl (C=O) groups is 2. The van der Waals surface area contributed by atoms with Gasteiger partial charge in [-0.05, 0) is 29.8 Å². The minimum Gasteiger partial charge on any atom is -0.450 e. The van der Waals surface area contributed by atoms with Crippen LogP contribution in [-0.4, -0.2) is 23.4 Å². The van der Waals surface area contributed by atoms with E-state index in [1.54, 1.807) is 6.07 Å². The summed E-state index contributed by atoms with van der Waals surface area (Å²) in [7, 11) is 0. The van der Waals surface area contributed by atoms with Gasteiger partial charge in [-0.15, -0.1) is 0 Å². The summed E-state index contributed by atoms with van der Waals surface area (Å²) >= 11 is 0. The Bertz CT molecular complexity index is 979. The summed E-state index contributed by atoms with van der Waals surface area (Å²) in [6.45, 7) is -0.0957. The zero-order valence-electron chi connectivity index (χ0n) is 14.7. The van der Waals surface area contributed by atoms with Crippen LogP contribution in [0.15, 0.2) is 71.1 Å². The molecule has 0 spiro atoms. The predicted octanol–water partition coefficient (Wildman–Crippen LogP) is 3.33. The Morgan fingerprint density at radius 1 is 1.00 bits per heavy atom. The molecule has 28 heavy (non-hydrogen) atoms. The number of rotatable bonds is 7. The number of nitro groups is 1. The maximum atomic E-state index is 12.0. The van der Waals surface area contributed by atoms with Gasteiger partial charge in [0.15, 0.2) is 6.61 Å². The van der Waals surface area contributed by atoms with E-state index in [1.807, 2.05) is 30.3 Å². The molecule has 3 aromatic rings. The molecule has 2 aromatic carbocycles. The lowest BCUT2D eigenvalue weighted by Crippen LogP contribution is -2.28. The van der Waals surface area contributed by atoms with E-state index in [0.29, 0.717) is 17.9 Å². The van der Waals surface area contributed by atoms with Gasteiger partial charge in [0.1, 0.15) is 5.76 Å². The summed E-state index contributed by atoms with van der Waals surface area (Å²) in [6, 6.07) is 18.0. The molecule has 0 fully saturated rings. The number of ether oxygens (including phenoxy) is 1. The van der Waals surface area contributed by atoms with Crippen molar-refractivity contribution in [2.24, 2.45) is 0 Å². The molecule has 0 atom stereocenters. The second-order valence-corrected chi connectivity index (χ2v) is 5.81. The van der Waals surface area contributed by atoms with Crippen LogP contribution in [0, 0.1) is 10.1 Å². The molecular formula is C20H16N2O6. The Labute approximate surface area is 159 Å². The molecule has 1 N–H and O–H groups in total. The molecule has 0 aliphatic rings. The highest BCUT2D eigenvalue weighted by Crippen LogP contribution is 2.24. The molecule has 0 radical (unpaired) electrons. The summed E-state index contributed by atoms with van der Waals surface area (Å²) in [5, 5.41) is 13.3. The van der Waals surface area contributed by atoms with Crippen molar-refractivity contribution in [2.75, 3.05) is 6.61 Å². The first kappa shape index (κ1) is 18.8. The summed E-state index contributed by atoms with van der Waals surface area (Å²) in [4.78, 5) is 34.0. The maximum absolute atomic E-state index is 12.0. The average Bonchev–Trinajstić information content (AvgIpc) is 3.21. The van der Waals surface area contributed by atoms with Gasteiger partial charge in [-0.1, -0.05) is 30.3 Å². The van der Waals surface area contributed by atoms with Crippen LogP contribution in [0.1, 0.15) is 16.1 Å². The van der Waals surface area contributed by atoms with E-state index in [-0.39, 0.29) is 11.4 Å². The molecule has 1 heterocycles. The Morgan fingerprint density at radius 2 is 1.71 bits per heavy atom. The lowest BCUT2D eigenvalue weighted by molar-refractivity contribution is -0.384. The van der Waals surface area contributed by atoms with Crippen LogP contribution in [0.5, 0.6) is 0 Å². The second kappa shape index (κ2) is 8.63. The molecule has 8 nitrogen and oxygen atoms in total. The number of amides is 1. The highest BCUT2D eigenvalue weighted by atomic mass is 16.6. The number of nitrogens with one attached hydrogen (secondary N) is 1. The summed E-state index contributed by atoms with van der Waals surface area (Å²) in [6.07, 6.45) is 0. The van der Waals surface area contributed by atoms with Gasteiger partial charge >= 0.3 is 5.97 Å². The quantitative estimate of drug-likeness (QED) is 0.382. The molecular weight excluding hydrogens is 364 g/mol. The fourth-order valence-corrected chi connectivity index (χ4v) is 2.40. The van der Waals surface area contributed by atoms with Gasteiger partial charge < -0.3 is 14.5 Å². The van der Waals surface area contributed by atoms with E-state index < -0.39 is 23.4 Å². The number of carbonyl (C=O) groups excluding carboxylic acids is 2. The maximum Gasteiger partial charge on any atom is 0.374 e. The summed E-state index contributed by atoms with van der Waals surface area (Å²) in [5.41, 5.74) is 1.46. The SMILES string of the molecule is O=C(COC(=O)c1ccc(-c2ccc([N+](=O)[O-])cc2)o1)NCc1ccccc1. The molecule has 142 valence electrons. The van der Waals surface area contributed by atoms with Crippen molar-refractivity contribution >= 4 is 17.6 Å². The minimum absolute atomic E-state index is 0.0449. The van der Waals surface area contributed by atoms with E-state index in [2.05, 4.69) is 5.32 Å². The number of nitrogens with zero attached hydrogens (tertiary/aromatic N) is 1. The Balaban J connectivity index is 1.52. The molecule has 1 aromatic heterocycles. The third kappa shape index (κ3) is 4.82. The second-order valence-electron chi connectivity index (χ2n) is 5.81. The van der Waals surface area contributed by atoms with E-state index >= 15 is 0 Å². The highest BCUT2D eigenvalue weighted by molar-refractivity contribution is 5.89. The highest BCUT2D eigenvalue weighted by Gasteiger charge is 2.16.